The van der Waals surface area contributed by atoms with Crippen molar-refractivity contribution in [1.82, 2.24) is 4.90 Å². The summed E-state index contributed by atoms with van der Waals surface area (Å²) >= 11 is 0. The molecular weight excluding hydrogens is 290 g/mol. The summed E-state index contributed by atoms with van der Waals surface area (Å²) in [6.45, 7) is -1.19. The maximum Gasteiger partial charge on any atom is 0.406 e. The smallest absolute Gasteiger partial charge is 0.368 e. The summed E-state index contributed by atoms with van der Waals surface area (Å²) in [4.78, 5) is 12.8. The molecule has 0 aromatic heterocycles. The topological polar surface area (TPSA) is 29.5 Å². The van der Waals surface area contributed by atoms with Gasteiger partial charge in [-0.3, -0.25) is 4.79 Å². The van der Waals surface area contributed by atoms with Gasteiger partial charge in [0.2, 0.25) is 0 Å². The maximum absolute atomic E-state index is 12.8. The normalized spacial score (nSPS) is 18.8. The minimum atomic E-state index is -4.49. The molecule has 0 unspecified atom stereocenters. The average Bonchev–Trinajstić information content (AvgIpc) is 2.92. The summed E-state index contributed by atoms with van der Waals surface area (Å²) in [6, 6.07) is 5.03. The molecule has 1 atom stereocenters. The quantitative estimate of drug-likeness (QED) is 0.801. The lowest BCUT2D eigenvalue weighted by atomic mass is 10.1. The summed E-state index contributed by atoms with van der Waals surface area (Å²) in [5.41, 5.74) is 0.437. The van der Waals surface area contributed by atoms with Gasteiger partial charge in [0.05, 0.1) is 0 Å². The number of nitrogens with zero attached hydrogens (tertiary/aromatic N) is 1. The van der Waals surface area contributed by atoms with E-state index >= 15 is 0 Å². The number of hydrogen-bond acceptors (Lipinski definition) is 2. The van der Waals surface area contributed by atoms with Gasteiger partial charge in [-0.15, -0.1) is 0 Å². The Kier molecular flexibility index (Phi) is 4.82. The second-order valence-corrected chi connectivity index (χ2v) is 4.94. The molecule has 1 saturated heterocycles. The first kappa shape index (κ1) is 15.8. The molecule has 1 fully saturated rings. The van der Waals surface area contributed by atoms with Gasteiger partial charge in [-0.05, 0) is 30.5 Å². The first-order valence-corrected chi connectivity index (χ1v) is 6.57. The van der Waals surface area contributed by atoms with Crippen molar-refractivity contribution >= 4 is 5.91 Å². The van der Waals surface area contributed by atoms with Gasteiger partial charge in [0.1, 0.15) is 18.5 Å². The zero-order chi connectivity index (χ0) is 15.5. The first-order valence-electron chi connectivity index (χ1n) is 6.57. The van der Waals surface area contributed by atoms with Crippen molar-refractivity contribution in [2.24, 2.45) is 0 Å². The number of carbonyl (C=O) groups excluding carboxylic acids is 1. The van der Waals surface area contributed by atoms with Gasteiger partial charge in [-0.2, -0.15) is 13.2 Å². The Bertz CT molecular complexity index is 481. The Hall–Kier alpha value is -1.63. The van der Waals surface area contributed by atoms with Crippen LogP contribution in [0.3, 0.4) is 0 Å². The Balaban J connectivity index is 2.11. The van der Waals surface area contributed by atoms with Crippen LogP contribution in [0.25, 0.3) is 0 Å². The predicted molar refractivity (Wildman–Crippen MR) is 66.8 cm³/mol. The van der Waals surface area contributed by atoms with E-state index in [0.29, 0.717) is 29.9 Å². The van der Waals surface area contributed by atoms with E-state index in [1.165, 1.54) is 12.1 Å². The molecule has 1 heterocycles. The molecule has 0 N–H and O–H groups in total. The molecule has 2 rings (SSSR count). The third-order valence-corrected chi connectivity index (χ3v) is 3.17. The Morgan fingerprint density at radius 1 is 1.29 bits per heavy atom. The van der Waals surface area contributed by atoms with Crippen LogP contribution in [0.2, 0.25) is 0 Å². The molecule has 1 aliphatic heterocycles. The van der Waals surface area contributed by atoms with Crippen LogP contribution in [-0.2, 0) is 16.1 Å². The van der Waals surface area contributed by atoms with Gasteiger partial charge in [0, 0.05) is 13.2 Å². The maximum atomic E-state index is 12.8. The van der Waals surface area contributed by atoms with Crippen LogP contribution in [0.1, 0.15) is 18.4 Å². The van der Waals surface area contributed by atoms with Crippen LogP contribution >= 0.6 is 0 Å². The fourth-order valence-corrected chi connectivity index (χ4v) is 2.21. The second kappa shape index (κ2) is 6.43. The van der Waals surface area contributed by atoms with Crippen LogP contribution in [0.4, 0.5) is 17.6 Å². The highest BCUT2D eigenvalue weighted by atomic mass is 19.4. The van der Waals surface area contributed by atoms with E-state index < -0.39 is 30.5 Å². The van der Waals surface area contributed by atoms with E-state index in [0.717, 1.165) is 12.1 Å². The van der Waals surface area contributed by atoms with Crippen molar-refractivity contribution in [3.05, 3.63) is 35.6 Å². The molecule has 1 aliphatic rings. The SMILES string of the molecule is O=C([C@@H]1CCCO1)N(Cc1ccc(F)cc1)CC(F)(F)F. The van der Waals surface area contributed by atoms with Gasteiger partial charge in [-0.1, -0.05) is 12.1 Å². The molecule has 0 spiro atoms. The van der Waals surface area contributed by atoms with Gasteiger partial charge in [0.15, 0.2) is 0 Å². The van der Waals surface area contributed by atoms with E-state index in [2.05, 4.69) is 0 Å². The van der Waals surface area contributed by atoms with Crippen molar-refractivity contribution in [2.45, 2.75) is 31.7 Å². The highest BCUT2D eigenvalue weighted by molar-refractivity contribution is 5.81. The van der Waals surface area contributed by atoms with Gasteiger partial charge in [0.25, 0.3) is 5.91 Å². The number of ether oxygens (including phenoxy) is 1. The third kappa shape index (κ3) is 4.70. The highest BCUT2D eigenvalue weighted by Gasteiger charge is 2.36. The largest absolute Gasteiger partial charge is 0.406 e. The summed E-state index contributed by atoms with van der Waals surface area (Å²) in [5.74, 6) is -1.15. The number of carbonyl (C=O) groups is 1. The van der Waals surface area contributed by atoms with Crippen LogP contribution < -0.4 is 0 Å². The summed E-state index contributed by atoms with van der Waals surface area (Å²) in [7, 11) is 0. The number of rotatable bonds is 4. The number of amides is 1. The van der Waals surface area contributed by atoms with E-state index in [1.54, 1.807) is 0 Å². The zero-order valence-electron chi connectivity index (χ0n) is 11.2. The molecule has 21 heavy (non-hydrogen) atoms. The summed E-state index contributed by atoms with van der Waals surface area (Å²) in [5, 5.41) is 0. The van der Waals surface area contributed by atoms with Crippen molar-refractivity contribution in [1.29, 1.82) is 0 Å². The molecule has 116 valence electrons. The molecule has 0 radical (unpaired) electrons. The van der Waals surface area contributed by atoms with Crippen LogP contribution in [-0.4, -0.2) is 36.2 Å². The summed E-state index contributed by atoms with van der Waals surface area (Å²) < 4.78 is 55.8. The molecule has 3 nitrogen and oxygen atoms in total. The fraction of sp³-hybridized carbons (Fsp3) is 0.500. The Morgan fingerprint density at radius 2 is 1.95 bits per heavy atom. The third-order valence-electron chi connectivity index (χ3n) is 3.17. The van der Waals surface area contributed by atoms with Crippen molar-refractivity contribution in [3.8, 4) is 0 Å². The molecule has 0 saturated carbocycles. The van der Waals surface area contributed by atoms with Crippen molar-refractivity contribution in [3.63, 3.8) is 0 Å². The highest BCUT2D eigenvalue weighted by Crippen LogP contribution is 2.22. The van der Waals surface area contributed by atoms with Crippen molar-refractivity contribution in [2.75, 3.05) is 13.2 Å². The van der Waals surface area contributed by atoms with Crippen LogP contribution in [0.15, 0.2) is 24.3 Å². The van der Waals surface area contributed by atoms with Gasteiger partial charge < -0.3 is 9.64 Å². The van der Waals surface area contributed by atoms with E-state index in [-0.39, 0.29) is 6.54 Å². The van der Waals surface area contributed by atoms with E-state index in [4.69, 9.17) is 4.74 Å². The van der Waals surface area contributed by atoms with Gasteiger partial charge in [-0.25, -0.2) is 4.39 Å². The second-order valence-electron chi connectivity index (χ2n) is 4.94. The Morgan fingerprint density at radius 3 is 2.48 bits per heavy atom. The molecule has 1 aromatic carbocycles. The number of hydrogen-bond donors (Lipinski definition) is 0. The average molecular weight is 305 g/mol. The van der Waals surface area contributed by atoms with E-state index in [9.17, 15) is 22.4 Å². The fourth-order valence-electron chi connectivity index (χ4n) is 2.21. The monoisotopic (exact) mass is 305 g/mol. The molecule has 0 aliphatic carbocycles. The summed E-state index contributed by atoms with van der Waals surface area (Å²) in [6.07, 6.45) is -4.22. The first-order chi connectivity index (χ1) is 9.85. The molecule has 7 heteroatoms. The van der Waals surface area contributed by atoms with Crippen molar-refractivity contribution < 1.29 is 27.1 Å². The molecule has 1 aromatic rings. The number of benzene rings is 1. The number of alkyl halides is 3. The standard InChI is InChI=1S/C14H15F4NO2/c15-11-5-3-10(4-6-11)8-19(9-14(16,17)18)13(20)12-2-1-7-21-12/h3-6,12H,1-2,7-9H2/t12-/m0/s1. The van der Waals surface area contributed by atoms with Gasteiger partial charge >= 0.3 is 6.18 Å². The minimum Gasteiger partial charge on any atom is -0.368 e. The molecule has 0 bridgehead atoms. The lowest BCUT2D eigenvalue weighted by Crippen LogP contribution is -2.43. The predicted octanol–water partition coefficient (Wildman–Crippen LogP) is 2.90. The molecular formula is C14H15F4NO2. The zero-order valence-corrected chi connectivity index (χ0v) is 11.2. The van der Waals surface area contributed by atoms with Crippen LogP contribution in [0, 0.1) is 5.82 Å². The van der Waals surface area contributed by atoms with Crippen LogP contribution in [0.5, 0.6) is 0 Å². The Labute approximate surface area is 119 Å². The lowest BCUT2D eigenvalue weighted by Gasteiger charge is -2.26. The van der Waals surface area contributed by atoms with E-state index in [1.807, 2.05) is 0 Å². The minimum absolute atomic E-state index is 0.224. The number of halogens is 4. The lowest BCUT2D eigenvalue weighted by molar-refractivity contribution is -0.168. The molecule has 1 amide bonds.